The van der Waals surface area contributed by atoms with Crippen molar-refractivity contribution in [2.75, 3.05) is 6.61 Å². The van der Waals surface area contributed by atoms with E-state index < -0.39 is 0 Å². The maximum Gasteiger partial charge on any atom is 0.0624 e. The van der Waals surface area contributed by atoms with Gasteiger partial charge in [-0.25, -0.2) is 0 Å². The van der Waals surface area contributed by atoms with Crippen LogP contribution in [0.1, 0.15) is 55.7 Å². The Labute approximate surface area is 121 Å². The average molecular weight is 271 g/mol. The van der Waals surface area contributed by atoms with Gasteiger partial charge in [-0.2, -0.15) is 0 Å². The van der Waals surface area contributed by atoms with E-state index in [2.05, 4.69) is 24.3 Å². The van der Waals surface area contributed by atoms with Crippen LogP contribution in [0.3, 0.4) is 0 Å². The minimum Gasteiger partial charge on any atom is -0.394 e. The number of rotatable bonds is 3. The van der Waals surface area contributed by atoms with Crippen LogP contribution in [0.4, 0.5) is 0 Å². The molecule has 4 fully saturated rings. The third-order valence-corrected chi connectivity index (χ3v) is 6.19. The molecule has 0 spiro atoms. The van der Waals surface area contributed by atoms with Crippen molar-refractivity contribution in [1.29, 1.82) is 0 Å². The van der Waals surface area contributed by atoms with E-state index in [1.165, 1.54) is 44.1 Å². The molecular formula is C18H25NO. The summed E-state index contributed by atoms with van der Waals surface area (Å²) in [5, 5.41) is 9.16. The van der Waals surface area contributed by atoms with Crippen LogP contribution in [0.2, 0.25) is 0 Å². The van der Waals surface area contributed by atoms with Crippen LogP contribution in [0.15, 0.2) is 24.3 Å². The molecule has 3 N–H and O–H groups in total. The minimum absolute atomic E-state index is 0.0245. The molecule has 0 heterocycles. The van der Waals surface area contributed by atoms with E-state index in [0.717, 1.165) is 23.3 Å². The van der Waals surface area contributed by atoms with Gasteiger partial charge in [0.1, 0.15) is 0 Å². The second kappa shape index (κ2) is 4.57. The number of hydrogen-bond acceptors (Lipinski definition) is 2. The van der Waals surface area contributed by atoms with Crippen LogP contribution < -0.4 is 5.73 Å². The van der Waals surface area contributed by atoms with Crippen LogP contribution in [0.5, 0.6) is 0 Å². The van der Waals surface area contributed by atoms with Crippen LogP contribution in [-0.4, -0.2) is 11.7 Å². The molecule has 2 heteroatoms. The maximum atomic E-state index is 9.16. The monoisotopic (exact) mass is 271 g/mol. The fraction of sp³-hybridized carbons (Fsp3) is 0.667. The van der Waals surface area contributed by atoms with Crippen molar-refractivity contribution in [2.24, 2.45) is 23.5 Å². The van der Waals surface area contributed by atoms with Crippen molar-refractivity contribution < 1.29 is 5.11 Å². The summed E-state index contributed by atoms with van der Waals surface area (Å²) in [6, 6.07) is 8.61. The largest absolute Gasteiger partial charge is 0.394 e. The highest BCUT2D eigenvalue weighted by Crippen LogP contribution is 2.60. The Morgan fingerprint density at radius 3 is 1.95 bits per heavy atom. The van der Waals surface area contributed by atoms with Crippen molar-refractivity contribution in [3.63, 3.8) is 0 Å². The third-order valence-electron chi connectivity index (χ3n) is 6.19. The Morgan fingerprint density at radius 1 is 1.00 bits per heavy atom. The highest BCUT2D eigenvalue weighted by molar-refractivity contribution is 5.33. The van der Waals surface area contributed by atoms with E-state index in [0.29, 0.717) is 5.41 Å². The van der Waals surface area contributed by atoms with Gasteiger partial charge in [-0.3, -0.25) is 0 Å². The summed E-state index contributed by atoms with van der Waals surface area (Å²) >= 11 is 0. The number of benzene rings is 1. The maximum absolute atomic E-state index is 9.16. The van der Waals surface area contributed by atoms with Gasteiger partial charge in [0.25, 0.3) is 0 Å². The molecule has 4 bridgehead atoms. The Balaban J connectivity index is 1.64. The van der Waals surface area contributed by atoms with Crippen LogP contribution in [0.25, 0.3) is 0 Å². The third kappa shape index (κ3) is 1.93. The zero-order valence-electron chi connectivity index (χ0n) is 12.1. The van der Waals surface area contributed by atoms with E-state index in [4.69, 9.17) is 10.8 Å². The number of nitrogens with two attached hydrogens (primary N) is 1. The zero-order valence-corrected chi connectivity index (χ0v) is 12.1. The van der Waals surface area contributed by atoms with Gasteiger partial charge in [-0.1, -0.05) is 24.3 Å². The molecule has 2 nitrogen and oxygen atoms in total. The van der Waals surface area contributed by atoms with Crippen molar-refractivity contribution >= 4 is 0 Å². The molecule has 0 aliphatic heterocycles. The molecule has 1 aromatic carbocycles. The van der Waals surface area contributed by atoms with Gasteiger partial charge in [-0.05, 0) is 72.8 Å². The average Bonchev–Trinajstić information content (AvgIpc) is 2.45. The number of hydrogen-bond donors (Lipinski definition) is 2. The highest BCUT2D eigenvalue weighted by Gasteiger charge is 2.51. The second-order valence-corrected chi connectivity index (χ2v) is 7.61. The quantitative estimate of drug-likeness (QED) is 0.887. The van der Waals surface area contributed by atoms with E-state index in [1.54, 1.807) is 0 Å². The molecule has 4 aliphatic rings. The summed E-state index contributed by atoms with van der Waals surface area (Å²) in [7, 11) is 0. The first-order chi connectivity index (χ1) is 9.68. The van der Waals surface area contributed by atoms with E-state index in [-0.39, 0.29) is 12.6 Å². The Morgan fingerprint density at radius 2 is 1.50 bits per heavy atom. The van der Waals surface area contributed by atoms with Crippen LogP contribution >= 0.6 is 0 Å². The van der Waals surface area contributed by atoms with Gasteiger partial charge in [0.05, 0.1) is 12.6 Å². The Bertz CT molecular complexity index is 457. The fourth-order valence-corrected chi connectivity index (χ4v) is 5.65. The molecular weight excluding hydrogens is 246 g/mol. The lowest BCUT2D eigenvalue weighted by Gasteiger charge is -2.57. The molecule has 1 aromatic rings. The van der Waals surface area contributed by atoms with Crippen molar-refractivity contribution in [3.05, 3.63) is 35.4 Å². The SMILES string of the molecule is NC(CO)c1ccc(C23CC4CC(CC(C4)C2)C3)cc1. The summed E-state index contributed by atoms with van der Waals surface area (Å²) in [5.74, 6) is 2.96. The molecule has 1 unspecified atom stereocenters. The Kier molecular flexibility index (Phi) is 2.94. The first-order valence-electron chi connectivity index (χ1n) is 8.15. The van der Waals surface area contributed by atoms with E-state index >= 15 is 0 Å². The van der Waals surface area contributed by atoms with Crippen molar-refractivity contribution in [3.8, 4) is 0 Å². The number of aliphatic hydroxyl groups is 1. The van der Waals surface area contributed by atoms with Crippen molar-refractivity contribution in [1.82, 2.24) is 0 Å². The summed E-state index contributed by atoms with van der Waals surface area (Å²) in [6.07, 6.45) is 8.70. The molecule has 4 aliphatic carbocycles. The van der Waals surface area contributed by atoms with Crippen LogP contribution in [-0.2, 0) is 5.41 Å². The molecule has 4 saturated carbocycles. The molecule has 0 aromatic heterocycles. The summed E-state index contributed by atoms with van der Waals surface area (Å²) in [5.41, 5.74) is 8.96. The van der Waals surface area contributed by atoms with E-state index in [9.17, 15) is 0 Å². The Hall–Kier alpha value is -0.860. The lowest BCUT2D eigenvalue weighted by molar-refractivity contribution is -0.00519. The number of aliphatic hydroxyl groups excluding tert-OH is 1. The standard InChI is InChI=1S/C18H25NO/c19-17(11-20)15-1-3-16(4-2-15)18-8-12-5-13(9-18)7-14(6-12)10-18/h1-4,12-14,17,20H,5-11,19H2. The van der Waals surface area contributed by atoms with Crippen molar-refractivity contribution in [2.45, 2.75) is 50.0 Å². The summed E-state index contributed by atoms with van der Waals surface area (Å²) in [4.78, 5) is 0. The van der Waals surface area contributed by atoms with Gasteiger partial charge < -0.3 is 10.8 Å². The molecule has 5 rings (SSSR count). The zero-order chi connectivity index (χ0) is 13.7. The lowest BCUT2D eigenvalue weighted by atomic mass is 9.48. The molecule has 1 atom stereocenters. The second-order valence-electron chi connectivity index (χ2n) is 7.61. The molecule has 0 saturated heterocycles. The van der Waals surface area contributed by atoms with E-state index in [1.807, 2.05) is 0 Å². The molecule has 0 amide bonds. The first-order valence-corrected chi connectivity index (χ1v) is 8.15. The van der Waals surface area contributed by atoms with Crippen LogP contribution in [0, 0.1) is 17.8 Å². The molecule has 108 valence electrons. The van der Waals surface area contributed by atoms with Gasteiger partial charge in [0.15, 0.2) is 0 Å². The highest BCUT2D eigenvalue weighted by atomic mass is 16.3. The topological polar surface area (TPSA) is 46.2 Å². The summed E-state index contributed by atoms with van der Waals surface area (Å²) < 4.78 is 0. The van der Waals surface area contributed by atoms with Gasteiger partial charge in [-0.15, -0.1) is 0 Å². The first kappa shape index (κ1) is 12.8. The molecule has 0 radical (unpaired) electrons. The predicted octanol–water partition coefficient (Wildman–Crippen LogP) is 3.15. The minimum atomic E-state index is -0.236. The lowest BCUT2D eigenvalue weighted by Crippen LogP contribution is -2.48. The predicted molar refractivity (Wildman–Crippen MR) is 80.3 cm³/mol. The van der Waals surface area contributed by atoms with Gasteiger partial charge in [0.2, 0.25) is 0 Å². The fourth-order valence-electron chi connectivity index (χ4n) is 5.65. The smallest absolute Gasteiger partial charge is 0.0624 e. The molecule has 20 heavy (non-hydrogen) atoms. The van der Waals surface area contributed by atoms with Gasteiger partial charge >= 0.3 is 0 Å². The normalized spacial score (nSPS) is 40.0. The van der Waals surface area contributed by atoms with Gasteiger partial charge in [0, 0.05) is 0 Å². The summed E-state index contributed by atoms with van der Waals surface area (Å²) in [6.45, 7) is 0.0245.